The molecule has 3 aromatic carbocycles. The summed E-state index contributed by atoms with van der Waals surface area (Å²) in [5, 5.41) is 0.533. The number of epoxide rings is 1. The van der Waals surface area contributed by atoms with Gasteiger partial charge in [-0.25, -0.2) is 0 Å². The highest BCUT2D eigenvalue weighted by Gasteiger charge is 2.70. The van der Waals surface area contributed by atoms with Crippen molar-refractivity contribution in [2.24, 2.45) is 0 Å². The predicted octanol–water partition coefficient (Wildman–Crippen LogP) is 5.88. The van der Waals surface area contributed by atoms with Crippen molar-refractivity contribution in [2.45, 2.75) is 21.9 Å². The van der Waals surface area contributed by atoms with Crippen molar-refractivity contribution in [3.05, 3.63) is 101 Å². The number of ketones is 1. The molecule has 4 heteroatoms. The summed E-state index contributed by atoms with van der Waals surface area (Å²) in [5.41, 5.74) is 1.81. The SMILES string of the molecule is O=C1c2ccccc2S[C@H](c2ccccc2)[C@@]12O[C@@H]2c1ccccc1Cl. The average Bonchev–Trinajstić information content (AvgIpc) is 3.42. The van der Waals surface area contributed by atoms with Gasteiger partial charge in [0.2, 0.25) is 0 Å². The third kappa shape index (κ3) is 2.28. The zero-order chi connectivity index (χ0) is 17.7. The van der Waals surface area contributed by atoms with Gasteiger partial charge in [0.1, 0.15) is 6.10 Å². The maximum absolute atomic E-state index is 13.5. The van der Waals surface area contributed by atoms with Crippen LogP contribution in [0.2, 0.25) is 5.02 Å². The first kappa shape index (κ1) is 16.1. The number of carbonyl (C=O) groups excluding carboxylic acids is 1. The summed E-state index contributed by atoms with van der Waals surface area (Å²) in [6, 6.07) is 25.5. The maximum atomic E-state index is 13.5. The minimum atomic E-state index is -0.897. The Balaban J connectivity index is 1.67. The highest BCUT2D eigenvalue weighted by molar-refractivity contribution is 7.99. The zero-order valence-corrected chi connectivity index (χ0v) is 15.3. The molecule has 0 bridgehead atoms. The lowest BCUT2D eigenvalue weighted by molar-refractivity contribution is 0.0861. The molecule has 0 radical (unpaired) electrons. The Morgan fingerprint density at radius 2 is 1.58 bits per heavy atom. The van der Waals surface area contributed by atoms with E-state index in [1.54, 1.807) is 11.8 Å². The molecule has 2 aliphatic heterocycles. The number of hydrogen-bond acceptors (Lipinski definition) is 3. The van der Waals surface area contributed by atoms with Gasteiger partial charge in [-0.05, 0) is 17.7 Å². The van der Waals surface area contributed by atoms with E-state index in [0.717, 1.165) is 21.6 Å². The van der Waals surface area contributed by atoms with E-state index in [4.69, 9.17) is 16.3 Å². The van der Waals surface area contributed by atoms with Gasteiger partial charge >= 0.3 is 0 Å². The number of carbonyl (C=O) groups is 1. The second-order valence-corrected chi connectivity index (χ2v) is 8.10. The fourth-order valence-electron chi connectivity index (χ4n) is 3.76. The fraction of sp³-hybridized carbons (Fsp3) is 0.136. The van der Waals surface area contributed by atoms with Crippen LogP contribution in [0.5, 0.6) is 0 Å². The second kappa shape index (κ2) is 5.98. The predicted molar refractivity (Wildman–Crippen MR) is 104 cm³/mol. The van der Waals surface area contributed by atoms with Gasteiger partial charge in [-0.1, -0.05) is 78.3 Å². The molecule has 5 rings (SSSR count). The number of ether oxygens (including phenoxy) is 1. The standard InChI is InChI=1S/C22H15ClO2S/c23-17-12-6-4-10-15(17)20-22(25-20)19(24)16-11-5-7-13-18(16)26-21(22)14-8-2-1-3-9-14/h1-13,20-21H/t20-,21-,22-/m1/s1. The molecule has 3 atom stereocenters. The largest absolute Gasteiger partial charge is 0.351 e. The summed E-state index contributed by atoms with van der Waals surface area (Å²) in [7, 11) is 0. The molecule has 128 valence electrons. The van der Waals surface area contributed by atoms with Crippen molar-refractivity contribution in [1.82, 2.24) is 0 Å². The quantitative estimate of drug-likeness (QED) is 0.521. The van der Waals surface area contributed by atoms with Crippen LogP contribution >= 0.6 is 23.4 Å². The minimum absolute atomic E-state index is 0.0469. The van der Waals surface area contributed by atoms with E-state index in [1.807, 2.05) is 66.7 Å². The summed E-state index contributed by atoms with van der Waals surface area (Å²) in [6.45, 7) is 0. The van der Waals surface area contributed by atoms with Crippen molar-refractivity contribution in [2.75, 3.05) is 0 Å². The molecular weight excluding hydrogens is 364 g/mol. The van der Waals surface area contributed by atoms with Gasteiger partial charge in [0.25, 0.3) is 0 Å². The van der Waals surface area contributed by atoms with Gasteiger partial charge in [0.05, 0.1) is 5.25 Å². The first-order valence-electron chi connectivity index (χ1n) is 8.49. The molecule has 1 saturated heterocycles. The van der Waals surface area contributed by atoms with Crippen LogP contribution in [0.1, 0.15) is 32.8 Å². The third-order valence-electron chi connectivity index (χ3n) is 5.06. The van der Waals surface area contributed by atoms with Gasteiger partial charge in [-0.2, -0.15) is 0 Å². The normalized spacial score (nSPS) is 26.6. The Labute approximate surface area is 161 Å². The monoisotopic (exact) mass is 378 g/mol. The number of benzene rings is 3. The van der Waals surface area contributed by atoms with Gasteiger partial charge < -0.3 is 4.74 Å². The molecular formula is C22H15ClO2S. The highest BCUT2D eigenvalue weighted by Crippen LogP contribution is 2.66. The van der Waals surface area contributed by atoms with Crippen LogP contribution in [-0.4, -0.2) is 11.4 Å². The minimum Gasteiger partial charge on any atom is -0.351 e. The highest BCUT2D eigenvalue weighted by atomic mass is 35.5. The molecule has 0 N–H and O–H groups in total. The first-order chi connectivity index (χ1) is 12.7. The van der Waals surface area contributed by atoms with E-state index >= 15 is 0 Å². The number of rotatable bonds is 2. The molecule has 1 fully saturated rings. The number of halogens is 1. The molecule has 2 aliphatic rings. The fourth-order valence-corrected chi connectivity index (χ4v) is 5.45. The van der Waals surface area contributed by atoms with Crippen LogP contribution in [0.3, 0.4) is 0 Å². The van der Waals surface area contributed by atoms with Crippen LogP contribution in [0.25, 0.3) is 0 Å². The van der Waals surface area contributed by atoms with Crippen LogP contribution in [0.15, 0.2) is 83.8 Å². The summed E-state index contributed by atoms with van der Waals surface area (Å²) >= 11 is 8.10. The van der Waals surface area contributed by atoms with E-state index in [0.29, 0.717) is 5.02 Å². The van der Waals surface area contributed by atoms with Crippen molar-refractivity contribution < 1.29 is 9.53 Å². The van der Waals surface area contributed by atoms with E-state index in [1.165, 1.54) is 0 Å². The smallest absolute Gasteiger partial charge is 0.200 e. The Morgan fingerprint density at radius 3 is 2.38 bits per heavy atom. The first-order valence-corrected chi connectivity index (χ1v) is 9.75. The van der Waals surface area contributed by atoms with E-state index in [9.17, 15) is 4.79 Å². The van der Waals surface area contributed by atoms with Crippen molar-refractivity contribution >= 4 is 29.1 Å². The Kier molecular flexibility index (Phi) is 3.71. The lowest BCUT2D eigenvalue weighted by atomic mass is 9.85. The van der Waals surface area contributed by atoms with Crippen LogP contribution in [0.4, 0.5) is 0 Å². The molecule has 0 amide bonds. The van der Waals surface area contributed by atoms with E-state index in [-0.39, 0.29) is 17.1 Å². The summed E-state index contributed by atoms with van der Waals surface area (Å²) in [5.74, 6) is 0.0469. The molecule has 0 aliphatic carbocycles. The molecule has 2 heterocycles. The van der Waals surface area contributed by atoms with Crippen LogP contribution < -0.4 is 0 Å². The molecule has 2 nitrogen and oxygen atoms in total. The molecule has 0 unspecified atom stereocenters. The summed E-state index contributed by atoms with van der Waals surface area (Å²) < 4.78 is 6.19. The third-order valence-corrected chi connectivity index (χ3v) is 6.87. The molecule has 1 spiro atoms. The molecule has 26 heavy (non-hydrogen) atoms. The van der Waals surface area contributed by atoms with E-state index < -0.39 is 5.60 Å². The van der Waals surface area contributed by atoms with E-state index in [2.05, 4.69) is 12.1 Å². The van der Waals surface area contributed by atoms with Gasteiger partial charge in [0.15, 0.2) is 11.4 Å². The second-order valence-electron chi connectivity index (χ2n) is 6.55. The lowest BCUT2D eigenvalue weighted by Crippen LogP contribution is -2.35. The lowest BCUT2D eigenvalue weighted by Gasteiger charge is -2.30. The Morgan fingerprint density at radius 1 is 0.885 bits per heavy atom. The van der Waals surface area contributed by atoms with Gasteiger partial charge in [0, 0.05) is 21.0 Å². The maximum Gasteiger partial charge on any atom is 0.200 e. The number of Topliss-reactive ketones (excluding diaryl/α,β-unsaturated/α-hetero) is 1. The Hall–Kier alpha value is -2.07. The van der Waals surface area contributed by atoms with Gasteiger partial charge in [-0.15, -0.1) is 11.8 Å². The number of fused-ring (bicyclic) bond motifs is 1. The van der Waals surface area contributed by atoms with Crippen LogP contribution in [-0.2, 0) is 4.74 Å². The molecule has 0 saturated carbocycles. The molecule has 3 aromatic rings. The zero-order valence-electron chi connectivity index (χ0n) is 13.8. The number of thioether (sulfide) groups is 1. The van der Waals surface area contributed by atoms with Gasteiger partial charge in [-0.3, -0.25) is 4.79 Å². The molecule has 0 aromatic heterocycles. The summed E-state index contributed by atoms with van der Waals surface area (Å²) in [6.07, 6.45) is -0.324. The average molecular weight is 379 g/mol. The Bertz CT molecular complexity index is 1000. The van der Waals surface area contributed by atoms with Crippen molar-refractivity contribution in [3.63, 3.8) is 0 Å². The van der Waals surface area contributed by atoms with Crippen molar-refractivity contribution in [3.8, 4) is 0 Å². The van der Waals surface area contributed by atoms with Crippen molar-refractivity contribution in [1.29, 1.82) is 0 Å². The topological polar surface area (TPSA) is 29.6 Å². The number of hydrogen-bond donors (Lipinski definition) is 0. The summed E-state index contributed by atoms with van der Waals surface area (Å²) in [4.78, 5) is 14.5. The van der Waals surface area contributed by atoms with Crippen LogP contribution in [0, 0.1) is 0 Å².